The molecule has 1 N–H and O–H groups in total. The van der Waals surface area contributed by atoms with E-state index in [9.17, 15) is 4.79 Å². The van der Waals surface area contributed by atoms with Crippen LogP contribution >= 0.6 is 0 Å². The number of carboxylic acids is 1. The van der Waals surface area contributed by atoms with Crippen molar-refractivity contribution in [1.82, 2.24) is 0 Å². The zero-order valence-corrected chi connectivity index (χ0v) is 8.86. The SMILES string of the molecule is CCC(C(=O)O)=C(C)Oc1ccccc1. The summed E-state index contributed by atoms with van der Waals surface area (Å²) in [6.45, 7) is 3.46. The molecule has 1 aromatic rings. The van der Waals surface area contributed by atoms with Gasteiger partial charge in [-0.1, -0.05) is 25.1 Å². The van der Waals surface area contributed by atoms with Crippen LogP contribution in [-0.2, 0) is 4.79 Å². The molecule has 0 aliphatic heterocycles. The first-order valence-electron chi connectivity index (χ1n) is 4.81. The van der Waals surface area contributed by atoms with Gasteiger partial charge in [-0.05, 0) is 25.5 Å². The number of carbonyl (C=O) groups is 1. The number of allylic oxidation sites excluding steroid dienone is 1. The molecule has 0 atom stereocenters. The Kier molecular flexibility index (Phi) is 3.92. The van der Waals surface area contributed by atoms with Crippen LogP contribution < -0.4 is 4.74 Å². The second-order valence-electron chi connectivity index (χ2n) is 3.11. The first kappa shape index (κ1) is 11.3. The molecule has 0 saturated carbocycles. The van der Waals surface area contributed by atoms with E-state index in [1.165, 1.54) is 0 Å². The predicted octanol–water partition coefficient (Wildman–Crippen LogP) is 2.83. The molecule has 1 rings (SSSR count). The molecule has 3 heteroatoms. The zero-order chi connectivity index (χ0) is 11.3. The summed E-state index contributed by atoms with van der Waals surface area (Å²) in [6, 6.07) is 9.14. The molecule has 0 radical (unpaired) electrons. The number of benzene rings is 1. The number of hydrogen-bond donors (Lipinski definition) is 1. The van der Waals surface area contributed by atoms with Crippen molar-refractivity contribution >= 4 is 5.97 Å². The summed E-state index contributed by atoms with van der Waals surface area (Å²) in [4.78, 5) is 10.8. The van der Waals surface area contributed by atoms with Gasteiger partial charge in [-0.3, -0.25) is 0 Å². The molecule has 0 fully saturated rings. The summed E-state index contributed by atoms with van der Waals surface area (Å²) in [6.07, 6.45) is 0.452. The number of aliphatic carboxylic acids is 1. The third kappa shape index (κ3) is 3.13. The maximum atomic E-state index is 10.8. The minimum atomic E-state index is -0.925. The molecular weight excluding hydrogens is 192 g/mol. The summed E-state index contributed by atoms with van der Waals surface area (Å²) >= 11 is 0. The first-order valence-corrected chi connectivity index (χ1v) is 4.81. The largest absolute Gasteiger partial charge is 0.478 e. The number of ether oxygens (including phenoxy) is 1. The van der Waals surface area contributed by atoms with Crippen LogP contribution in [0.2, 0.25) is 0 Å². The lowest BCUT2D eigenvalue weighted by Crippen LogP contribution is -2.06. The van der Waals surface area contributed by atoms with E-state index < -0.39 is 5.97 Å². The van der Waals surface area contributed by atoms with Gasteiger partial charge in [0.1, 0.15) is 11.5 Å². The molecule has 0 amide bonds. The van der Waals surface area contributed by atoms with Crippen LogP contribution in [0.15, 0.2) is 41.7 Å². The molecule has 0 aliphatic rings. The van der Waals surface area contributed by atoms with Crippen LogP contribution in [0.3, 0.4) is 0 Å². The fraction of sp³-hybridized carbons (Fsp3) is 0.250. The second-order valence-corrected chi connectivity index (χ2v) is 3.11. The van der Waals surface area contributed by atoms with Crippen molar-refractivity contribution in [2.45, 2.75) is 20.3 Å². The van der Waals surface area contributed by atoms with Crippen molar-refractivity contribution in [2.24, 2.45) is 0 Å². The van der Waals surface area contributed by atoms with Crippen molar-refractivity contribution in [2.75, 3.05) is 0 Å². The monoisotopic (exact) mass is 206 g/mol. The molecule has 0 spiro atoms. The third-order valence-electron chi connectivity index (χ3n) is 2.05. The van der Waals surface area contributed by atoms with Crippen molar-refractivity contribution in [3.05, 3.63) is 41.7 Å². The van der Waals surface area contributed by atoms with E-state index in [1.807, 2.05) is 18.2 Å². The Hall–Kier alpha value is -1.77. The maximum Gasteiger partial charge on any atom is 0.334 e. The van der Waals surface area contributed by atoms with Gasteiger partial charge in [0.05, 0.1) is 5.57 Å². The Morgan fingerprint density at radius 2 is 1.93 bits per heavy atom. The standard InChI is InChI=1S/C12H14O3/c1-3-11(12(13)14)9(2)15-10-7-5-4-6-8-10/h4-8H,3H2,1-2H3,(H,13,14). The highest BCUT2D eigenvalue weighted by Crippen LogP contribution is 2.16. The third-order valence-corrected chi connectivity index (χ3v) is 2.05. The van der Waals surface area contributed by atoms with Gasteiger partial charge < -0.3 is 9.84 Å². The molecule has 1 aromatic carbocycles. The first-order chi connectivity index (χ1) is 7.15. The van der Waals surface area contributed by atoms with Crippen LogP contribution in [0.4, 0.5) is 0 Å². The van der Waals surface area contributed by atoms with Gasteiger partial charge in [-0.2, -0.15) is 0 Å². The van der Waals surface area contributed by atoms with E-state index in [1.54, 1.807) is 26.0 Å². The highest BCUT2D eigenvalue weighted by molar-refractivity contribution is 5.87. The van der Waals surface area contributed by atoms with E-state index in [4.69, 9.17) is 9.84 Å². The Bertz CT molecular complexity index is 366. The zero-order valence-electron chi connectivity index (χ0n) is 8.86. The Labute approximate surface area is 89.0 Å². The van der Waals surface area contributed by atoms with E-state index in [0.717, 1.165) is 0 Å². The number of rotatable bonds is 4. The topological polar surface area (TPSA) is 46.5 Å². The Morgan fingerprint density at radius 3 is 2.40 bits per heavy atom. The summed E-state index contributed by atoms with van der Waals surface area (Å²) in [5.41, 5.74) is 0.304. The minimum Gasteiger partial charge on any atom is -0.478 e. The van der Waals surface area contributed by atoms with Crippen molar-refractivity contribution in [3.63, 3.8) is 0 Å². The summed E-state index contributed by atoms with van der Waals surface area (Å²) in [5, 5.41) is 8.88. The van der Waals surface area contributed by atoms with E-state index in [-0.39, 0.29) is 0 Å². The molecule has 0 aromatic heterocycles. The normalized spacial score (nSPS) is 11.9. The Morgan fingerprint density at radius 1 is 1.33 bits per heavy atom. The van der Waals surface area contributed by atoms with Crippen molar-refractivity contribution < 1.29 is 14.6 Å². The number of carboxylic acid groups (broad SMARTS) is 1. The van der Waals surface area contributed by atoms with Gasteiger partial charge in [0.15, 0.2) is 0 Å². The van der Waals surface area contributed by atoms with Crippen LogP contribution in [0.1, 0.15) is 20.3 Å². The lowest BCUT2D eigenvalue weighted by Gasteiger charge is -2.08. The molecule has 3 nitrogen and oxygen atoms in total. The maximum absolute atomic E-state index is 10.8. The molecular formula is C12H14O3. The van der Waals surface area contributed by atoms with E-state index in [0.29, 0.717) is 23.5 Å². The highest BCUT2D eigenvalue weighted by Gasteiger charge is 2.10. The molecule has 0 bridgehead atoms. The quantitative estimate of drug-likeness (QED) is 0.608. The van der Waals surface area contributed by atoms with Gasteiger partial charge >= 0.3 is 5.97 Å². The van der Waals surface area contributed by atoms with Gasteiger partial charge in [0.2, 0.25) is 0 Å². The molecule has 0 aliphatic carbocycles. The van der Waals surface area contributed by atoms with Crippen LogP contribution in [0.5, 0.6) is 5.75 Å². The lowest BCUT2D eigenvalue weighted by molar-refractivity contribution is -0.133. The van der Waals surface area contributed by atoms with Gasteiger partial charge in [0.25, 0.3) is 0 Å². The van der Waals surface area contributed by atoms with E-state index >= 15 is 0 Å². The predicted molar refractivity (Wildman–Crippen MR) is 57.7 cm³/mol. The van der Waals surface area contributed by atoms with E-state index in [2.05, 4.69) is 0 Å². The summed E-state index contributed by atoms with van der Waals surface area (Å²) in [5.74, 6) is 0.171. The molecule has 0 unspecified atom stereocenters. The van der Waals surface area contributed by atoms with Crippen molar-refractivity contribution in [3.8, 4) is 5.75 Å². The molecule has 0 heterocycles. The minimum absolute atomic E-state index is 0.304. The van der Waals surface area contributed by atoms with Crippen LogP contribution in [-0.4, -0.2) is 11.1 Å². The average molecular weight is 206 g/mol. The van der Waals surface area contributed by atoms with Gasteiger partial charge in [0, 0.05) is 0 Å². The Balaban J connectivity index is 2.86. The fourth-order valence-corrected chi connectivity index (χ4v) is 1.28. The number of hydrogen-bond acceptors (Lipinski definition) is 2. The fourth-order valence-electron chi connectivity index (χ4n) is 1.28. The number of para-hydroxylation sites is 1. The second kappa shape index (κ2) is 5.20. The van der Waals surface area contributed by atoms with Gasteiger partial charge in [-0.25, -0.2) is 4.79 Å². The lowest BCUT2D eigenvalue weighted by atomic mass is 10.2. The van der Waals surface area contributed by atoms with Crippen LogP contribution in [0.25, 0.3) is 0 Å². The molecule has 80 valence electrons. The highest BCUT2D eigenvalue weighted by atomic mass is 16.5. The average Bonchev–Trinajstić information content (AvgIpc) is 2.19. The molecule has 0 saturated heterocycles. The summed E-state index contributed by atoms with van der Waals surface area (Å²) in [7, 11) is 0. The smallest absolute Gasteiger partial charge is 0.334 e. The van der Waals surface area contributed by atoms with Crippen LogP contribution in [0, 0.1) is 0 Å². The van der Waals surface area contributed by atoms with Gasteiger partial charge in [-0.15, -0.1) is 0 Å². The molecule has 15 heavy (non-hydrogen) atoms. The summed E-state index contributed by atoms with van der Waals surface area (Å²) < 4.78 is 5.43. The van der Waals surface area contributed by atoms with Crippen molar-refractivity contribution in [1.29, 1.82) is 0 Å².